The third-order valence-corrected chi connectivity index (χ3v) is 4.42. The Morgan fingerprint density at radius 3 is 2.50 bits per heavy atom. The van der Waals surface area contributed by atoms with Gasteiger partial charge >= 0.3 is 0 Å². The summed E-state index contributed by atoms with van der Waals surface area (Å²) < 4.78 is 5.97. The Morgan fingerprint density at radius 1 is 1.00 bits per heavy atom. The fourth-order valence-corrected chi connectivity index (χ4v) is 3.27. The van der Waals surface area contributed by atoms with Gasteiger partial charge in [-0.15, -0.1) is 11.8 Å². The minimum atomic E-state index is 0.0240. The van der Waals surface area contributed by atoms with Crippen LogP contribution >= 0.6 is 35.0 Å². The quantitative estimate of drug-likeness (QED) is 0.704. The van der Waals surface area contributed by atoms with E-state index in [9.17, 15) is 0 Å². The van der Waals surface area contributed by atoms with Gasteiger partial charge < -0.3 is 4.74 Å². The molecule has 0 amide bonds. The monoisotopic (exact) mass is 296 g/mol. The molecule has 2 aromatic carbocycles. The second-order valence-corrected chi connectivity index (χ2v) is 5.99. The van der Waals surface area contributed by atoms with E-state index in [1.165, 1.54) is 0 Å². The topological polar surface area (TPSA) is 9.23 Å². The summed E-state index contributed by atoms with van der Waals surface area (Å²) in [5, 5.41) is 1.50. The summed E-state index contributed by atoms with van der Waals surface area (Å²) in [5.41, 5.74) is 2.30. The molecule has 0 aliphatic carbocycles. The van der Waals surface area contributed by atoms with E-state index < -0.39 is 0 Å². The number of hydrogen-bond acceptors (Lipinski definition) is 2. The van der Waals surface area contributed by atoms with Gasteiger partial charge in [0.25, 0.3) is 0 Å². The van der Waals surface area contributed by atoms with Crippen LogP contribution in [0.4, 0.5) is 0 Å². The molecule has 0 saturated carbocycles. The number of rotatable bonds is 1. The van der Waals surface area contributed by atoms with Crippen LogP contribution in [0.5, 0.6) is 5.75 Å². The second kappa shape index (κ2) is 5.04. The first-order valence-electron chi connectivity index (χ1n) is 5.54. The van der Waals surface area contributed by atoms with Crippen LogP contribution < -0.4 is 4.74 Å². The van der Waals surface area contributed by atoms with Gasteiger partial charge in [-0.3, -0.25) is 0 Å². The first-order chi connectivity index (χ1) is 8.72. The smallest absolute Gasteiger partial charge is 0.170 e. The maximum Gasteiger partial charge on any atom is 0.170 e. The number of hydrogen-bond donors (Lipinski definition) is 0. The van der Waals surface area contributed by atoms with Crippen molar-refractivity contribution in [3.63, 3.8) is 0 Å². The Labute approximate surface area is 120 Å². The molecule has 1 heterocycles. The molecule has 1 nitrogen and oxygen atoms in total. The third kappa shape index (κ3) is 2.46. The van der Waals surface area contributed by atoms with Crippen molar-refractivity contribution in [3.8, 4) is 5.75 Å². The molecule has 2 aromatic rings. The Morgan fingerprint density at radius 2 is 1.72 bits per heavy atom. The van der Waals surface area contributed by atoms with Gasteiger partial charge in [0.15, 0.2) is 5.44 Å². The number of thioether (sulfide) groups is 1. The Hall–Kier alpha value is -0.830. The highest BCUT2D eigenvalue weighted by Gasteiger charge is 2.21. The third-order valence-electron chi connectivity index (χ3n) is 2.79. The predicted octanol–water partition coefficient (Wildman–Crippen LogP) is 5.32. The highest BCUT2D eigenvalue weighted by molar-refractivity contribution is 7.98. The maximum absolute atomic E-state index is 5.97. The van der Waals surface area contributed by atoms with Crippen molar-refractivity contribution in [2.45, 2.75) is 11.2 Å². The molecule has 4 heteroatoms. The molecule has 0 saturated heterocycles. The Kier molecular flexibility index (Phi) is 3.42. The van der Waals surface area contributed by atoms with Crippen LogP contribution in [-0.4, -0.2) is 0 Å². The summed E-state index contributed by atoms with van der Waals surface area (Å²) in [6.07, 6.45) is 0. The molecule has 0 N–H and O–H groups in total. The lowest BCUT2D eigenvalue weighted by Gasteiger charge is -2.26. The van der Waals surface area contributed by atoms with Crippen LogP contribution in [0.25, 0.3) is 0 Å². The molecule has 92 valence electrons. The minimum absolute atomic E-state index is 0.0240. The molecule has 0 fully saturated rings. The molecule has 1 aliphatic rings. The maximum atomic E-state index is 5.97. The molecule has 3 rings (SSSR count). The summed E-state index contributed by atoms with van der Waals surface area (Å²) in [7, 11) is 0. The average molecular weight is 297 g/mol. The zero-order valence-corrected chi connectivity index (χ0v) is 11.7. The molecule has 18 heavy (non-hydrogen) atoms. The minimum Gasteiger partial charge on any atom is -0.475 e. The lowest BCUT2D eigenvalue weighted by atomic mass is 10.2. The first kappa shape index (κ1) is 12.2. The van der Waals surface area contributed by atoms with Crippen molar-refractivity contribution in [1.29, 1.82) is 0 Å². The predicted molar refractivity (Wildman–Crippen MR) is 77.6 cm³/mol. The van der Waals surface area contributed by atoms with E-state index in [-0.39, 0.29) is 5.44 Å². The SMILES string of the molecule is Clc1ccc(C2Oc3ccc(Cl)cc3CS2)cc1. The Bertz CT molecular complexity index is 569. The molecule has 0 spiro atoms. The van der Waals surface area contributed by atoms with Crippen molar-refractivity contribution in [3.05, 3.63) is 63.6 Å². The molecule has 0 radical (unpaired) electrons. The van der Waals surface area contributed by atoms with Crippen LogP contribution in [0.1, 0.15) is 16.6 Å². The van der Waals surface area contributed by atoms with Crippen LogP contribution in [-0.2, 0) is 5.75 Å². The van der Waals surface area contributed by atoms with Crippen LogP contribution in [0.3, 0.4) is 0 Å². The van der Waals surface area contributed by atoms with Crippen LogP contribution in [0.2, 0.25) is 10.0 Å². The van der Waals surface area contributed by atoms with Crippen molar-refractivity contribution >= 4 is 35.0 Å². The summed E-state index contributed by atoms with van der Waals surface area (Å²) in [5.74, 6) is 1.82. The van der Waals surface area contributed by atoms with Gasteiger partial charge in [-0.2, -0.15) is 0 Å². The molecular formula is C14H10Cl2OS. The van der Waals surface area contributed by atoms with Gasteiger partial charge in [0.05, 0.1) is 0 Å². The van der Waals surface area contributed by atoms with E-state index in [2.05, 4.69) is 0 Å². The molecule has 1 atom stereocenters. The molecular weight excluding hydrogens is 287 g/mol. The van der Waals surface area contributed by atoms with Crippen LogP contribution in [0, 0.1) is 0 Å². The summed E-state index contributed by atoms with van der Waals surface area (Å²) in [4.78, 5) is 0. The zero-order valence-electron chi connectivity index (χ0n) is 9.40. The Balaban J connectivity index is 1.86. The van der Waals surface area contributed by atoms with Gasteiger partial charge in [0.1, 0.15) is 5.75 Å². The van der Waals surface area contributed by atoms with Crippen molar-refractivity contribution < 1.29 is 4.74 Å². The first-order valence-corrected chi connectivity index (χ1v) is 7.35. The van der Waals surface area contributed by atoms with Gasteiger partial charge in [-0.25, -0.2) is 0 Å². The number of benzene rings is 2. The highest BCUT2D eigenvalue weighted by atomic mass is 35.5. The van der Waals surface area contributed by atoms with Crippen molar-refractivity contribution in [2.75, 3.05) is 0 Å². The fraction of sp³-hybridized carbons (Fsp3) is 0.143. The number of fused-ring (bicyclic) bond motifs is 1. The van der Waals surface area contributed by atoms with E-state index >= 15 is 0 Å². The van der Waals surface area contributed by atoms with Crippen LogP contribution in [0.15, 0.2) is 42.5 Å². The average Bonchev–Trinajstić information content (AvgIpc) is 2.39. The van der Waals surface area contributed by atoms with E-state index in [1.807, 2.05) is 42.5 Å². The lowest BCUT2D eigenvalue weighted by molar-refractivity contribution is 0.287. The van der Waals surface area contributed by atoms with Gasteiger partial charge in [-0.1, -0.05) is 35.3 Å². The van der Waals surface area contributed by atoms with Gasteiger partial charge in [0.2, 0.25) is 0 Å². The van der Waals surface area contributed by atoms with Crippen molar-refractivity contribution in [1.82, 2.24) is 0 Å². The van der Waals surface area contributed by atoms with E-state index in [0.29, 0.717) is 0 Å². The van der Waals surface area contributed by atoms with Gasteiger partial charge in [-0.05, 0) is 30.3 Å². The van der Waals surface area contributed by atoms with Crippen molar-refractivity contribution in [2.24, 2.45) is 0 Å². The molecule has 0 aromatic heterocycles. The summed E-state index contributed by atoms with van der Waals surface area (Å²) >= 11 is 13.6. The highest BCUT2D eigenvalue weighted by Crippen LogP contribution is 2.42. The summed E-state index contributed by atoms with van der Waals surface area (Å²) in [6, 6.07) is 13.5. The summed E-state index contributed by atoms with van der Waals surface area (Å²) in [6.45, 7) is 0. The normalized spacial score (nSPS) is 18.0. The fourth-order valence-electron chi connectivity index (χ4n) is 1.87. The standard InChI is InChI=1S/C14H10Cl2OS/c15-11-3-1-9(2-4-11)14-17-13-6-5-12(16)7-10(13)8-18-14/h1-7,14H,8H2. The number of ether oxygens (including phenoxy) is 1. The number of halogens is 2. The molecule has 1 aliphatic heterocycles. The van der Waals surface area contributed by atoms with E-state index in [4.69, 9.17) is 27.9 Å². The lowest BCUT2D eigenvalue weighted by Crippen LogP contribution is -2.10. The largest absolute Gasteiger partial charge is 0.475 e. The van der Waals surface area contributed by atoms with E-state index in [0.717, 1.165) is 32.7 Å². The van der Waals surface area contributed by atoms with Gasteiger partial charge in [0, 0.05) is 26.9 Å². The molecule has 0 bridgehead atoms. The second-order valence-electron chi connectivity index (χ2n) is 4.06. The van der Waals surface area contributed by atoms with E-state index in [1.54, 1.807) is 11.8 Å². The molecule has 1 unspecified atom stereocenters. The zero-order chi connectivity index (χ0) is 12.5.